The van der Waals surface area contributed by atoms with Gasteiger partial charge in [-0.3, -0.25) is 0 Å². The van der Waals surface area contributed by atoms with E-state index in [1.54, 1.807) is 0 Å². The molecule has 1 aliphatic heterocycles. The summed E-state index contributed by atoms with van der Waals surface area (Å²) in [5.74, 6) is 4.80. The zero-order valence-corrected chi connectivity index (χ0v) is 23.6. The van der Waals surface area contributed by atoms with Gasteiger partial charge in [-0.15, -0.1) is 23.5 Å². The molecule has 0 unspecified atom stereocenters. The molecule has 0 aromatic heterocycles. The fourth-order valence-corrected chi connectivity index (χ4v) is 9.06. The van der Waals surface area contributed by atoms with E-state index >= 15 is 4.39 Å². The molecular weight excluding hydrogens is 467 g/mol. The molecule has 4 rings (SSSR count). The van der Waals surface area contributed by atoms with Crippen LogP contribution in [0.3, 0.4) is 0 Å². The average molecular weight is 513 g/mol. The predicted molar refractivity (Wildman–Crippen MR) is 156 cm³/mol. The van der Waals surface area contributed by atoms with Crippen LogP contribution >= 0.6 is 23.5 Å². The Labute approximate surface area is 222 Å². The average Bonchev–Trinajstić information content (AvgIpc) is 2.90. The first-order valence-corrected chi connectivity index (χ1v) is 16.4. The first-order chi connectivity index (χ1) is 17.2. The third-order valence-electron chi connectivity index (χ3n) is 8.20. The van der Waals surface area contributed by atoms with Crippen LogP contribution in [0.25, 0.3) is 11.1 Å². The summed E-state index contributed by atoms with van der Waals surface area (Å²) >= 11 is 4.20. The zero-order valence-electron chi connectivity index (χ0n) is 21.9. The summed E-state index contributed by atoms with van der Waals surface area (Å²) in [6, 6.07) is 14.8. The summed E-state index contributed by atoms with van der Waals surface area (Å²) in [7, 11) is 0. The maximum absolute atomic E-state index is 15.2. The van der Waals surface area contributed by atoms with Crippen LogP contribution in [-0.4, -0.2) is 11.5 Å². The Balaban J connectivity index is 1.30. The van der Waals surface area contributed by atoms with E-state index in [-0.39, 0.29) is 5.82 Å². The standard InChI is InChI=1S/C32H45FS2/c1-3-5-7-9-24-11-13-26(14-12-24)29-19-20-30(31(33)21-29)27-15-17-28(18-16-27)32-34-22-25(23-35-32)10-8-6-4-2/h15-21,24-26,32H,3-14,22-23H2,1-2H3/t24?,25-,26?,32-. The van der Waals surface area contributed by atoms with Crippen LogP contribution in [-0.2, 0) is 0 Å². The van der Waals surface area contributed by atoms with Crippen LogP contribution in [0.5, 0.6) is 0 Å². The fraction of sp³-hybridized carbons (Fsp3) is 0.625. The van der Waals surface area contributed by atoms with Crippen molar-refractivity contribution in [2.24, 2.45) is 11.8 Å². The maximum Gasteiger partial charge on any atom is 0.131 e. The Morgan fingerprint density at radius 2 is 1.31 bits per heavy atom. The van der Waals surface area contributed by atoms with Crippen molar-refractivity contribution in [2.45, 2.75) is 101 Å². The Hall–Kier alpha value is -0.930. The maximum atomic E-state index is 15.2. The van der Waals surface area contributed by atoms with Gasteiger partial charge in [0.05, 0.1) is 4.58 Å². The van der Waals surface area contributed by atoms with Crippen molar-refractivity contribution < 1.29 is 4.39 Å². The Morgan fingerprint density at radius 1 is 0.714 bits per heavy atom. The van der Waals surface area contributed by atoms with Crippen LogP contribution in [0.2, 0.25) is 0 Å². The fourth-order valence-electron chi connectivity index (χ4n) is 5.89. The van der Waals surface area contributed by atoms with E-state index in [2.05, 4.69) is 67.7 Å². The molecule has 192 valence electrons. The second-order valence-electron chi connectivity index (χ2n) is 10.9. The van der Waals surface area contributed by atoms with E-state index in [0.717, 1.165) is 23.0 Å². The molecule has 0 atom stereocenters. The highest BCUT2D eigenvalue weighted by atomic mass is 32.2. The van der Waals surface area contributed by atoms with Gasteiger partial charge in [-0.2, -0.15) is 0 Å². The third kappa shape index (κ3) is 7.78. The van der Waals surface area contributed by atoms with Crippen molar-refractivity contribution in [3.05, 3.63) is 59.4 Å². The number of halogens is 1. The van der Waals surface area contributed by atoms with E-state index < -0.39 is 0 Å². The summed E-state index contributed by atoms with van der Waals surface area (Å²) in [6.07, 6.45) is 16.0. The van der Waals surface area contributed by atoms with Crippen LogP contribution in [0.1, 0.15) is 113 Å². The van der Waals surface area contributed by atoms with E-state index in [1.807, 2.05) is 12.1 Å². The van der Waals surface area contributed by atoms with E-state index in [4.69, 9.17) is 0 Å². The summed E-state index contributed by atoms with van der Waals surface area (Å²) < 4.78 is 15.7. The number of hydrogen-bond donors (Lipinski definition) is 0. The zero-order chi connectivity index (χ0) is 24.5. The molecule has 2 aromatic carbocycles. The SMILES string of the molecule is CCCCCC1CCC(c2ccc(-c3ccc([C@H]4SC[C@H](CCCCC)CS4)cc3)c(F)c2)CC1. The van der Waals surface area contributed by atoms with Crippen LogP contribution < -0.4 is 0 Å². The minimum atomic E-state index is -0.0587. The first kappa shape index (κ1) is 27.1. The Morgan fingerprint density at radius 3 is 1.91 bits per heavy atom. The molecule has 0 N–H and O–H groups in total. The van der Waals surface area contributed by atoms with Crippen molar-refractivity contribution in [3.8, 4) is 11.1 Å². The third-order valence-corrected chi connectivity index (χ3v) is 11.5. The highest BCUT2D eigenvalue weighted by molar-refractivity contribution is 8.16. The van der Waals surface area contributed by atoms with Gasteiger partial charge in [0.15, 0.2) is 0 Å². The molecule has 1 aliphatic carbocycles. The largest absolute Gasteiger partial charge is 0.206 e. The predicted octanol–water partition coefficient (Wildman–Crippen LogP) is 11.0. The van der Waals surface area contributed by atoms with E-state index in [9.17, 15) is 0 Å². The summed E-state index contributed by atoms with van der Waals surface area (Å²) in [5, 5.41) is 0. The van der Waals surface area contributed by atoms with Crippen LogP contribution in [0.15, 0.2) is 42.5 Å². The lowest BCUT2D eigenvalue weighted by molar-refractivity contribution is 0.302. The molecule has 0 radical (unpaired) electrons. The lowest BCUT2D eigenvalue weighted by Gasteiger charge is -2.29. The molecule has 2 fully saturated rings. The highest BCUT2D eigenvalue weighted by Crippen LogP contribution is 2.47. The minimum Gasteiger partial charge on any atom is -0.206 e. The number of rotatable bonds is 11. The Kier molecular flexibility index (Phi) is 10.9. The summed E-state index contributed by atoms with van der Waals surface area (Å²) in [6.45, 7) is 4.56. The topological polar surface area (TPSA) is 0 Å². The van der Waals surface area contributed by atoms with Gasteiger partial charge >= 0.3 is 0 Å². The van der Waals surface area contributed by atoms with E-state index in [0.29, 0.717) is 10.5 Å². The molecule has 2 aliphatic rings. The highest BCUT2D eigenvalue weighted by Gasteiger charge is 2.24. The number of unbranched alkanes of at least 4 members (excludes halogenated alkanes) is 4. The van der Waals surface area contributed by atoms with Gasteiger partial charge in [0.1, 0.15) is 5.82 Å². The van der Waals surface area contributed by atoms with Gasteiger partial charge in [0.2, 0.25) is 0 Å². The minimum absolute atomic E-state index is 0.0587. The van der Waals surface area contributed by atoms with Crippen molar-refractivity contribution in [1.82, 2.24) is 0 Å². The molecular formula is C32H45FS2. The molecule has 0 amide bonds. The lowest BCUT2D eigenvalue weighted by Crippen LogP contribution is -2.14. The molecule has 1 saturated heterocycles. The second-order valence-corrected chi connectivity index (χ2v) is 13.5. The normalized spacial score (nSPS) is 25.0. The molecule has 0 spiro atoms. The number of hydrogen-bond acceptors (Lipinski definition) is 2. The van der Waals surface area contributed by atoms with Gasteiger partial charge in [0, 0.05) is 5.56 Å². The molecule has 2 aromatic rings. The molecule has 0 bridgehead atoms. The van der Waals surface area contributed by atoms with Crippen LogP contribution in [0.4, 0.5) is 4.39 Å². The van der Waals surface area contributed by atoms with Crippen molar-refractivity contribution in [2.75, 3.05) is 11.5 Å². The molecule has 0 nitrogen and oxygen atoms in total. The van der Waals surface area contributed by atoms with Gasteiger partial charge < -0.3 is 0 Å². The van der Waals surface area contributed by atoms with Gasteiger partial charge in [0.25, 0.3) is 0 Å². The quantitative estimate of drug-likeness (QED) is 0.275. The molecule has 1 heterocycles. The summed E-state index contributed by atoms with van der Waals surface area (Å²) in [4.78, 5) is 0. The summed E-state index contributed by atoms with van der Waals surface area (Å²) in [5.41, 5.74) is 4.33. The molecule has 35 heavy (non-hydrogen) atoms. The lowest BCUT2D eigenvalue weighted by atomic mass is 9.77. The second kappa shape index (κ2) is 14.1. The van der Waals surface area contributed by atoms with Crippen molar-refractivity contribution in [3.63, 3.8) is 0 Å². The molecule has 3 heteroatoms. The van der Waals surface area contributed by atoms with Gasteiger partial charge in [-0.05, 0) is 84.1 Å². The van der Waals surface area contributed by atoms with Crippen molar-refractivity contribution in [1.29, 1.82) is 0 Å². The van der Waals surface area contributed by atoms with Gasteiger partial charge in [-0.1, -0.05) is 95.2 Å². The molecule has 1 saturated carbocycles. The number of thioether (sulfide) groups is 2. The van der Waals surface area contributed by atoms with Gasteiger partial charge in [-0.25, -0.2) is 4.39 Å². The first-order valence-electron chi connectivity index (χ1n) is 14.3. The van der Waals surface area contributed by atoms with E-state index in [1.165, 1.54) is 99.7 Å². The monoisotopic (exact) mass is 512 g/mol. The Bertz CT molecular complexity index is 877. The van der Waals surface area contributed by atoms with Crippen LogP contribution in [0, 0.1) is 17.7 Å². The number of benzene rings is 2. The van der Waals surface area contributed by atoms with Crippen molar-refractivity contribution >= 4 is 23.5 Å². The smallest absolute Gasteiger partial charge is 0.131 e.